The zero-order valence-corrected chi connectivity index (χ0v) is 73.3. The molecule has 0 aliphatic carbocycles. The number of carboxylic acid groups (broad SMARTS) is 2. The van der Waals surface area contributed by atoms with Gasteiger partial charge < -0.3 is 139 Å². The highest BCUT2D eigenvalue weighted by molar-refractivity contribution is 5.84. The Morgan fingerprint density at radius 1 is 0.276 bits per heavy atom. The van der Waals surface area contributed by atoms with Crippen molar-refractivity contribution in [3.05, 3.63) is 29.1 Å². The first-order valence-electron chi connectivity index (χ1n) is 43.9. The molecule has 0 spiro atoms. The Labute approximate surface area is 724 Å². The summed E-state index contributed by atoms with van der Waals surface area (Å²) in [7, 11) is 0. The van der Waals surface area contributed by atoms with Crippen LogP contribution in [0.15, 0.2) is 0 Å². The van der Waals surface area contributed by atoms with Gasteiger partial charge in [0, 0.05) is 32.4 Å². The molecule has 123 heavy (non-hydrogen) atoms. The molecule has 1 aromatic carbocycles. The number of carbonyl (C=O) groups excluding carboxylic acids is 3. The SMILES string of the molecule is CCCCCCCCCCCN(C(=O)CCCCCCCCCC(=O)O)[C@@H](CCC(=O)NCCOCCOCCOCCOCCOCCOCCOCCOCCOCCOCCOCCOCCOCCOCCOCCOCCOCCOCCOCCOCCOCCOCCOCCOCCC(=O)Oc1c(F)c(F)c(F)c(F)c1F)C(=O)O. The van der Waals surface area contributed by atoms with Gasteiger partial charge in [0.15, 0.2) is 0 Å². The lowest BCUT2D eigenvalue weighted by atomic mass is 10.0. The Hall–Kier alpha value is -4.74. The van der Waals surface area contributed by atoms with Crippen molar-refractivity contribution in [2.45, 2.75) is 148 Å². The van der Waals surface area contributed by atoms with E-state index in [2.05, 4.69) is 17.0 Å². The van der Waals surface area contributed by atoms with Crippen LogP contribution < -0.4 is 10.1 Å². The fourth-order valence-electron chi connectivity index (χ4n) is 10.8. The number of aliphatic carboxylic acids is 2. The van der Waals surface area contributed by atoms with Crippen LogP contribution in [0.25, 0.3) is 0 Å². The third kappa shape index (κ3) is 78.1. The highest BCUT2D eigenvalue weighted by Gasteiger charge is 2.31. The zero-order valence-electron chi connectivity index (χ0n) is 73.3. The van der Waals surface area contributed by atoms with Gasteiger partial charge in [0.05, 0.1) is 324 Å². The van der Waals surface area contributed by atoms with E-state index in [0.29, 0.717) is 297 Å². The molecule has 1 atom stereocenters. The Kier molecular flexibility index (Phi) is 87.0. The summed E-state index contributed by atoms with van der Waals surface area (Å²) < 4.78 is 203. The quantitative estimate of drug-likeness (QED) is 0.0138. The van der Waals surface area contributed by atoms with Gasteiger partial charge in [-0.05, 0) is 25.7 Å². The zero-order chi connectivity index (χ0) is 89.1. The molecule has 0 aliphatic heterocycles. The number of carbonyl (C=O) groups is 5. The number of esters is 1. The molecule has 2 amide bonds. The van der Waals surface area contributed by atoms with E-state index in [1.807, 2.05) is 0 Å². The number of halogens is 5. The number of nitrogens with one attached hydrogen (secondary N) is 1. The smallest absolute Gasteiger partial charge is 0.326 e. The van der Waals surface area contributed by atoms with Gasteiger partial charge in [0.1, 0.15) is 6.04 Å². The van der Waals surface area contributed by atoms with Crippen LogP contribution in [-0.4, -0.2) is 381 Å². The molecular weight excluding hydrogens is 1640 g/mol. The van der Waals surface area contributed by atoms with Crippen LogP contribution in [0.5, 0.6) is 5.75 Å². The number of amides is 2. The lowest BCUT2D eigenvalue weighted by molar-refractivity contribution is -0.151. The average Bonchev–Trinajstić information content (AvgIpc) is 0.797. The maximum Gasteiger partial charge on any atom is 0.326 e. The van der Waals surface area contributed by atoms with Crippen molar-refractivity contribution in [2.24, 2.45) is 0 Å². The molecule has 0 saturated carbocycles. The molecule has 0 unspecified atom stereocenters. The van der Waals surface area contributed by atoms with Gasteiger partial charge in [-0.1, -0.05) is 90.4 Å². The van der Waals surface area contributed by atoms with E-state index in [9.17, 15) is 51.0 Å². The van der Waals surface area contributed by atoms with Crippen molar-refractivity contribution < 1.29 is 175 Å². The van der Waals surface area contributed by atoms with Gasteiger partial charge in [-0.2, -0.15) is 8.78 Å². The van der Waals surface area contributed by atoms with Crippen molar-refractivity contribution in [3.8, 4) is 5.75 Å². The van der Waals surface area contributed by atoms with Crippen LogP contribution in [0.3, 0.4) is 0 Å². The summed E-state index contributed by atoms with van der Waals surface area (Å²) in [4.78, 5) is 62.7. The van der Waals surface area contributed by atoms with E-state index < -0.39 is 65.2 Å². The summed E-state index contributed by atoms with van der Waals surface area (Å²) in [6, 6.07) is -1.08. The number of unbranched alkanes of at least 4 members (excludes halogenated alkanes) is 14. The predicted octanol–water partition coefficient (Wildman–Crippen LogP) is 8.38. The highest BCUT2D eigenvalue weighted by atomic mass is 19.2. The van der Waals surface area contributed by atoms with Crippen LogP contribution in [0.1, 0.15) is 142 Å². The van der Waals surface area contributed by atoms with Gasteiger partial charge in [-0.3, -0.25) is 19.2 Å². The number of hydrogen-bond acceptors (Lipinski definition) is 30. The van der Waals surface area contributed by atoms with E-state index in [-0.39, 0.29) is 83.7 Å². The first-order chi connectivity index (χ1) is 60.3. The van der Waals surface area contributed by atoms with E-state index >= 15 is 0 Å². The summed E-state index contributed by atoms with van der Waals surface area (Å²) in [5.74, 6) is -16.6. The molecule has 39 heteroatoms. The molecule has 1 aromatic rings. The minimum absolute atomic E-state index is 0.0237. The van der Waals surface area contributed by atoms with Crippen LogP contribution in [0.4, 0.5) is 22.0 Å². The summed E-state index contributed by atoms with van der Waals surface area (Å²) in [5.41, 5.74) is 0. The third-order valence-electron chi connectivity index (χ3n) is 17.4. The van der Waals surface area contributed by atoms with Gasteiger partial charge in [-0.15, -0.1) is 0 Å². The Balaban J connectivity index is 1.74. The second-order valence-electron chi connectivity index (χ2n) is 27.3. The number of nitrogens with zero attached hydrogens (tertiary/aromatic N) is 1. The second-order valence-corrected chi connectivity index (χ2v) is 27.3. The molecule has 722 valence electrons. The van der Waals surface area contributed by atoms with Gasteiger partial charge in [-0.25, -0.2) is 18.0 Å². The summed E-state index contributed by atoms with van der Waals surface area (Å²) in [5, 5.41) is 21.8. The topological polar surface area (TPSA) is 372 Å². The van der Waals surface area contributed by atoms with Gasteiger partial charge in [0.2, 0.25) is 46.6 Å². The first kappa shape index (κ1) is 116. The average molecular weight is 1790 g/mol. The van der Waals surface area contributed by atoms with Crippen molar-refractivity contribution in [1.82, 2.24) is 10.2 Å². The molecule has 0 fully saturated rings. The first-order valence-corrected chi connectivity index (χ1v) is 43.9. The fourth-order valence-corrected chi connectivity index (χ4v) is 10.8. The predicted molar refractivity (Wildman–Crippen MR) is 438 cm³/mol. The molecule has 0 aliphatic rings. The number of hydrogen-bond donors (Lipinski definition) is 3. The number of ether oxygens (including phenoxy) is 25. The van der Waals surface area contributed by atoms with Crippen LogP contribution in [0, 0.1) is 29.1 Å². The largest absolute Gasteiger partial charge is 0.481 e. The van der Waals surface area contributed by atoms with E-state index in [1.54, 1.807) is 0 Å². The molecule has 34 nitrogen and oxygen atoms in total. The monoisotopic (exact) mass is 1790 g/mol. The van der Waals surface area contributed by atoms with Crippen molar-refractivity contribution in [3.63, 3.8) is 0 Å². The number of benzene rings is 1. The minimum atomic E-state index is -2.36. The van der Waals surface area contributed by atoms with Gasteiger partial charge in [0.25, 0.3) is 0 Å². The van der Waals surface area contributed by atoms with Gasteiger partial charge >= 0.3 is 17.9 Å². The molecule has 0 heterocycles. The third-order valence-corrected chi connectivity index (χ3v) is 17.4. The highest BCUT2D eigenvalue weighted by Crippen LogP contribution is 2.29. The number of rotatable bonds is 101. The maximum atomic E-state index is 13.6. The molecule has 1 rings (SSSR count). The second kappa shape index (κ2) is 92.0. The molecule has 0 aromatic heterocycles. The number of carboxylic acids is 2. The lowest BCUT2D eigenvalue weighted by Crippen LogP contribution is -2.46. The molecule has 3 N–H and O–H groups in total. The Morgan fingerprint density at radius 2 is 0.504 bits per heavy atom. The standard InChI is InChI=1S/C84H149F5N2O32/c1-2-3-4-5-6-7-11-14-17-24-91(75(93)18-15-12-9-8-10-13-16-19-76(94)95)73(84(97)98)20-21-74(92)90-23-26-100-28-30-102-32-34-104-36-38-106-40-42-108-44-46-110-48-50-112-52-54-114-56-58-116-60-62-118-64-66-120-68-70-122-72-71-121-69-67-119-65-63-117-61-59-115-57-55-113-53-51-111-49-47-109-45-43-107-41-39-105-37-35-103-33-31-101-29-27-99-25-22-77(96)123-83-81(88)79(86)78(85)80(87)82(83)89/h73H,2-72H2,1H3,(H,90,92)(H,94,95)(H,97,98)/t73-/m0/s1. The fraction of sp³-hybridized carbons (Fsp3) is 0.869. The lowest BCUT2D eigenvalue weighted by Gasteiger charge is -2.29. The Morgan fingerprint density at radius 3 is 0.764 bits per heavy atom. The van der Waals surface area contributed by atoms with E-state index in [0.717, 1.165) is 57.8 Å². The molecule has 0 saturated heterocycles. The van der Waals surface area contributed by atoms with Crippen LogP contribution in [0.2, 0.25) is 0 Å². The summed E-state index contributed by atoms with van der Waals surface area (Å²) in [6.07, 6.45) is 15.8. The maximum absolute atomic E-state index is 13.6. The van der Waals surface area contributed by atoms with E-state index in [1.165, 1.54) is 37.0 Å². The minimum Gasteiger partial charge on any atom is -0.481 e. The molecular formula is C84H149F5N2O32. The van der Waals surface area contributed by atoms with Crippen molar-refractivity contribution in [1.29, 1.82) is 0 Å². The molecule has 0 radical (unpaired) electrons. The van der Waals surface area contributed by atoms with E-state index in [4.69, 9.17) is 119 Å². The van der Waals surface area contributed by atoms with Crippen molar-refractivity contribution in [2.75, 3.05) is 330 Å². The van der Waals surface area contributed by atoms with Crippen LogP contribution in [-0.2, 0) is 138 Å². The summed E-state index contributed by atoms with van der Waals surface area (Å²) >= 11 is 0. The van der Waals surface area contributed by atoms with Crippen LogP contribution >= 0.6 is 0 Å². The summed E-state index contributed by atoms with van der Waals surface area (Å²) in [6.45, 7) is 21.5. The normalized spacial score (nSPS) is 11.9. The van der Waals surface area contributed by atoms with Crippen molar-refractivity contribution >= 4 is 29.7 Å². The Bertz CT molecular complexity index is 2530. The molecule has 0 bridgehead atoms.